The molecule has 0 amide bonds. The molecule has 2 aromatic rings. The SMILES string of the molecule is Cc1[nH]nc2ccc(/C(N)=N/C(=C(\N)Cl)N3CCC(N)C3)cc12. The van der Waals surface area contributed by atoms with E-state index in [1.54, 1.807) is 0 Å². The molecule has 1 fully saturated rings. The van der Waals surface area contributed by atoms with E-state index in [0.29, 0.717) is 18.2 Å². The summed E-state index contributed by atoms with van der Waals surface area (Å²) in [5.41, 5.74) is 20.5. The van der Waals surface area contributed by atoms with Gasteiger partial charge in [0.25, 0.3) is 0 Å². The maximum atomic E-state index is 6.16. The minimum atomic E-state index is 0.0994. The Morgan fingerprint density at radius 2 is 2.22 bits per heavy atom. The van der Waals surface area contributed by atoms with Crippen molar-refractivity contribution in [2.45, 2.75) is 19.4 Å². The third kappa shape index (κ3) is 3.11. The molecule has 1 saturated heterocycles. The normalized spacial score (nSPS) is 20.2. The third-order valence-corrected chi connectivity index (χ3v) is 4.17. The van der Waals surface area contributed by atoms with Crippen LogP contribution in [0, 0.1) is 6.92 Å². The van der Waals surface area contributed by atoms with Gasteiger partial charge in [0.2, 0.25) is 0 Å². The summed E-state index contributed by atoms with van der Waals surface area (Å²) in [6.45, 7) is 3.39. The van der Waals surface area contributed by atoms with Gasteiger partial charge < -0.3 is 22.1 Å². The Bertz CT molecular complexity index is 788. The van der Waals surface area contributed by atoms with Crippen molar-refractivity contribution in [2.24, 2.45) is 22.2 Å². The van der Waals surface area contributed by atoms with Crippen molar-refractivity contribution in [3.05, 3.63) is 40.4 Å². The van der Waals surface area contributed by atoms with E-state index < -0.39 is 0 Å². The van der Waals surface area contributed by atoms with Gasteiger partial charge in [0.05, 0.1) is 5.52 Å². The van der Waals surface area contributed by atoms with E-state index in [-0.39, 0.29) is 11.2 Å². The number of nitrogens with zero attached hydrogens (tertiary/aromatic N) is 3. The lowest BCUT2D eigenvalue weighted by Crippen LogP contribution is -2.28. The van der Waals surface area contributed by atoms with Crippen LogP contribution in [0.1, 0.15) is 17.7 Å². The standard InChI is InChI=1S/C15H20ClN7/c1-8-11-6-9(2-3-12(11)22-21-8)14(19)20-15(13(16)18)23-5-4-10(17)7-23/h2-3,6,10H,4-5,7,17-18H2,1H3,(H2,19,20)(H,21,22)/b15-13+. The highest BCUT2D eigenvalue weighted by Crippen LogP contribution is 2.21. The van der Waals surface area contributed by atoms with Crippen LogP contribution in [-0.2, 0) is 0 Å². The number of benzene rings is 1. The van der Waals surface area contributed by atoms with Gasteiger partial charge >= 0.3 is 0 Å². The number of hydrogen-bond acceptors (Lipinski definition) is 5. The Hall–Kier alpha value is -2.25. The summed E-state index contributed by atoms with van der Waals surface area (Å²) >= 11 is 6.00. The van der Waals surface area contributed by atoms with Crippen molar-refractivity contribution >= 4 is 28.3 Å². The van der Waals surface area contributed by atoms with E-state index >= 15 is 0 Å². The number of H-pyrrole nitrogens is 1. The van der Waals surface area contributed by atoms with Crippen LogP contribution in [0.5, 0.6) is 0 Å². The molecule has 0 bridgehead atoms. The van der Waals surface area contributed by atoms with Gasteiger partial charge in [-0.3, -0.25) is 5.10 Å². The summed E-state index contributed by atoms with van der Waals surface area (Å²) in [4.78, 5) is 6.40. The molecule has 122 valence electrons. The number of fused-ring (bicyclic) bond motifs is 1. The highest BCUT2D eigenvalue weighted by molar-refractivity contribution is 6.29. The van der Waals surface area contributed by atoms with E-state index in [9.17, 15) is 0 Å². The summed E-state index contributed by atoms with van der Waals surface area (Å²) < 4.78 is 0. The first-order chi connectivity index (χ1) is 11.0. The van der Waals surface area contributed by atoms with Gasteiger partial charge in [0, 0.05) is 35.8 Å². The van der Waals surface area contributed by atoms with Gasteiger partial charge in [0.1, 0.15) is 11.0 Å². The number of amidine groups is 1. The number of aryl methyl sites for hydroxylation is 1. The van der Waals surface area contributed by atoms with Crippen molar-refractivity contribution in [1.82, 2.24) is 15.1 Å². The number of hydrogen-bond donors (Lipinski definition) is 4. The van der Waals surface area contributed by atoms with E-state index in [2.05, 4.69) is 15.2 Å². The highest BCUT2D eigenvalue weighted by atomic mass is 35.5. The second kappa shape index (κ2) is 6.10. The zero-order valence-electron chi connectivity index (χ0n) is 12.9. The van der Waals surface area contributed by atoms with Gasteiger partial charge in [-0.1, -0.05) is 11.6 Å². The summed E-state index contributed by atoms with van der Waals surface area (Å²) in [6, 6.07) is 5.82. The summed E-state index contributed by atoms with van der Waals surface area (Å²) in [7, 11) is 0. The van der Waals surface area contributed by atoms with Gasteiger partial charge in [0.15, 0.2) is 5.82 Å². The smallest absolute Gasteiger partial charge is 0.166 e. The number of rotatable bonds is 3. The van der Waals surface area contributed by atoms with Crippen LogP contribution < -0.4 is 17.2 Å². The molecule has 1 aromatic heterocycles. The molecule has 23 heavy (non-hydrogen) atoms. The number of aliphatic imine (C=N–C) groups is 1. The summed E-state index contributed by atoms with van der Waals surface area (Å²) in [5, 5.41) is 8.27. The molecule has 2 heterocycles. The first-order valence-electron chi connectivity index (χ1n) is 7.40. The van der Waals surface area contributed by atoms with Gasteiger partial charge in [-0.05, 0) is 31.5 Å². The van der Waals surface area contributed by atoms with Crippen LogP contribution >= 0.6 is 11.6 Å². The lowest BCUT2D eigenvalue weighted by atomic mass is 10.1. The Balaban J connectivity index is 1.95. The van der Waals surface area contributed by atoms with E-state index in [4.69, 9.17) is 28.8 Å². The van der Waals surface area contributed by atoms with Crippen LogP contribution in [0.25, 0.3) is 10.9 Å². The first-order valence-corrected chi connectivity index (χ1v) is 7.78. The molecule has 7 N–H and O–H groups in total. The Kier molecular flexibility index (Phi) is 4.14. The number of halogens is 1. The Morgan fingerprint density at radius 1 is 1.43 bits per heavy atom. The molecule has 1 unspecified atom stereocenters. The predicted molar refractivity (Wildman–Crippen MR) is 92.8 cm³/mol. The molecule has 0 saturated carbocycles. The summed E-state index contributed by atoms with van der Waals surface area (Å²) in [5.74, 6) is 0.827. The van der Waals surface area contributed by atoms with Crippen LogP contribution in [0.15, 0.2) is 34.2 Å². The van der Waals surface area contributed by atoms with Crippen molar-refractivity contribution in [3.8, 4) is 0 Å². The van der Waals surface area contributed by atoms with Crippen LogP contribution in [0.4, 0.5) is 0 Å². The molecule has 1 aliphatic heterocycles. The van der Waals surface area contributed by atoms with E-state index in [1.807, 2.05) is 30.0 Å². The zero-order chi connectivity index (χ0) is 16.6. The molecule has 0 radical (unpaired) electrons. The van der Waals surface area contributed by atoms with Crippen molar-refractivity contribution < 1.29 is 0 Å². The molecule has 0 spiro atoms. The van der Waals surface area contributed by atoms with Crippen LogP contribution in [-0.4, -0.2) is 40.1 Å². The molecule has 0 aliphatic carbocycles. The summed E-state index contributed by atoms with van der Waals surface area (Å²) in [6.07, 6.45) is 0.878. The topological polar surface area (TPSA) is 122 Å². The fourth-order valence-corrected chi connectivity index (χ4v) is 2.89. The first kappa shape index (κ1) is 15.6. The maximum Gasteiger partial charge on any atom is 0.166 e. The van der Waals surface area contributed by atoms with Gasteiger partial charge in [-0.25, -0.2) is 4.99 Å². The minimum Gasteiger partial charge on any atom is -0.386 e. The quantitative estimate of drug-likeness (QED) is 0.378. The Morgan fingerprint density at radius 3 is 2.87 bits per heavy atom. The second-order valence-corrected chi connectivity index (χ2v) is 6.15. The third-order valence-electron chi connectivity index (χ3n) is 4.00. The molecule has 7 nitrogen and oxygen atoms in total. The Labute approximate surface area is 139 Å². The van der Waals surface area contributed by atoms with E-state index in [1.165, 1.54) is 0 Å². The molecule has 8 heteroatoms. The lowest BCUT2D eigenvalue weighted by Gasteiger charge is -2.19. The largest absolute Gasteiger partial charge is 0.386 e. The number of aromatic amines is 1. The van der Waals surface area contributed by atoms with Crippen LogP contribution in [0.3, 0.4) is 0 Å². The maximum absolute atomic E-state index is 6.16. The van der Waals surface area contributed by atoms with Crippen molar-refractivity contribution in [2.75, 3.05) is 13.1 Å². The van der Waals surface area contributed by atoms with Crippen LogP contribution in [0.2, 0.25) is 0 Å². The molecule has 1 atom stereocenters. The zero-order valence-corrected chi connectivity index (χ0v) is 13.6. The minimum absolute atomic E-state index is 0.0994. The predicted octanol–water partition coefficient (Wildman–Crippen LogP) is 0.934. The molecule has 3 rings (SSSR count). The number of likely N-dealkylation sites (tertiary alicyclic amines) is 1. The second-order valence-electron chi connectivity index (χ2n) is 5.74. The fourth-order valence-electron chi connectivity index (χ4n) is 2.73. The number of nitrogens with two attached hydrogens (primary N) is 3. The van der Waals surface area contributed by atoms with Gasteiger partial charge in [-0.15, -0.1) is 0 Å². The highest BCUT2D eigenvalue weighted by Gasteiger charge is 2.23. The molecular formula is C15H20ClN7. The molecule has 1 aliphatic rings. The fraction of sp³-hybridized carbons (Fsp3) is 0.333. The van der Waals surface area contributed by atoms with Gasteiger partial charge in [-0.2, -0.15) is 5.10 Å². The number of aromatic nitrogens is 2. The van der Waals surface area contributed by atoms with Crippen molar-refractivity contribution in [3.63, 3.8) is 0 Å². The van der Waals surface area contributed by atoms with E-state index in [0.717, 1.165) is 35.1 Å². The average molecular weight is 334 g/mol. The molecular weight excluding hydrogens is 314 g/mol. The molecule has 1 aromatic carbocycles. The number of nitrogens with one attached hydrogen (secondary N) is 1. The average Bonchev–Trinajstić information content (AvgIpc) is 3.10. The monoisotopic (exact) mass is 333 g/mol. The van der Waals surface area contributed by atoms with Crippen molar-refractivity contribution in [1.29, 1.82) is 0 Å². The lowest BCUT2D eigenvalue weighted by molar-refractivity contribution is 0.413.